The van der Waals surface area contributed by atoms with Gasteiger partial charge in [-0.25, -0.2) is 13.3 Å². The zero-order valence-corrected chi connectivity index (χ0v) is 12.1. The van der Waals surface area contributed by atoms with Gasteiger partial charge in [-0.3, -0.25) is 0 Å². The third kappa shape index (κ3) is 2.86. The fourth-order valence-corrected chi connectivity index (χ4v) is 2.67. The Labute approximate surface area is 119 Å². The first-order valence-corrected chi connectivity index (χ1v) is 7.21. The summed E-state index contributed by atoms with van der Waals surface area (Å²) in [7, 11) is 0.269. The van der Waals surface area contributed by atoms with Gasteiger partial charge in [0.05, 0.1) is 4.90 Å². The first kappa shape index (κ1) is 14.2. The fraction of sp³-hybridized carbons (Fsp3) is 0.143. The van der Waals surface area contributed by atoms with Gasteiger partial charge < -0.3 is 0 Å². The highest BCUT2D eigenvalue weighted by molar-refractivity contribution is 7.83. The van der Waals surface area contributed by atoms with E-state index in [9.17, 15) is 8.60 Å². The molecule has 0 saturated heterocycles. The van der Waals surface area contributed by atoms with Crippen molar-refractivity contribution < 1.29 is 8.60 Å². The number of hydrogen-bond donors (Lipinski definition) is 1. The van der Waals surface area contributed by atoms with Crippen LogP contribution in [0.5, 0.6) is 0 Å². The molecule has 5 heteroatoms. The average Bonchev–Trinajstić information content (AvgIpc) is 2.42. The molecule has 2 nitrogen and oxygen atoms in total. The monoisotopic (exact) mass is 297 g/mol. The molecule has 1 unspecified atom stereocenters. The van der Waals surface area contributed by atoms with Crippen molar-refractivity contribution >= 4 is 22.6 Å². The van der Waals surface area contributed by atoms with E-state index in [0.717, 1.165) is 0 Å². The lowest BCUT2D eigenvalue weighted by Gasteiger charge is -2.09. The Hall–Kier alpha value is -1.23. The van der Waals surface area contributed by atoms with Crippen molar-refractivity contribution in [2.24, 2.45) is 0 Å². The molecule has 0 aliphatic rings. The predicted octanol–water partition coefficient (Wildman–Crippen LogP) is 3.70. The molecule has 0 heterocycles. The smallest absolute Gasteiger partial charge is 0.133 e. The van der Waals surface area contributed by atoms with Crippen molar-refractivity contribution in [1.82, 2.24) is 4.72 Å². The Bertz CT molecular complexity index is 645. The van der Waals surface area contributed by atoms with Gasteiger partial charge in [-0.15, -0.1) is 0 Å². The molecule has 1 atom stereocenters. The quantitative estimate of drug-likeness (QED) is 0.919. The number of rotatable bonds is 3. The molecule has 0 spiro atoms. The fourth-order valence-electron chi connectivity index (χ4n) is 1.80. The largest absolute Gasteiger partial charge is 0.238 e. The maximum Gasteiger partial charge on any atom is 0.133 e. The van der Waals surface area contributed by atoms with Gasteiger partial charge in [-0.05, 0) is 37.7 Å². The highest BCUT2D eigenvalue weighted by Gasteiger charge is 2.13. The number of aryl methyl sites for hydroxylation is 1. The Balaban J connectivity index is 2.61. The van der Waals surface area contributed by atoms with Crippen molar-refractivity contribution in [2.75, 3.05) is 7.05 Å². The molecular weight excluding hydrogens is 285 g/mol. The summed E-state index contributed by atoms with van der Waals surface area (Å²) >= 11 is 6.12. The molecule has 0 amide bonds. The van der Waals surface area contributed by atoms with E-state index < -0.39 is 11.0 Å². The molecule has 2 rings (SSSR count). The Morgan fingerprint density at radius 1 is 1.21 bits per heavy atom. The third-order valence-electron chi connectivity index (χ3n) is 2.82. The van der Waals surface area contributed by atoms with E-state index in [1.165, 1.54) is 0 Å². The molecule has 2 aromatic carbocycles. The van der Waals surface area contributed by atoms with Crippen LogP contribution in [0.3, 0.4) is 0 Å². The summed E-state index contributed by atoms with van der Waals surface area (Å²) in [5.74, 6) is -0.309. The second kappa shape index (κ2) is 5.82. The van der Waals surface area contributed by atoms with E-state index in [-0.39, 0.29) is 5.82 Å². The highest BCUT2D eigenvalue weighted by Crippen LogP contribution is 2.32. The highest BCUT2D eigenvalue weighted by atomic mass is 35.5. The molecule has 19 heavy (non-hydrogen) atoms. The average molecular weight is 298 g/mol. The van der Waals surface area contributed by atoms with Crippen LogP contribution in [0.2, 0.25) is 5.02 Å². The van der Waals surface area contributed by atoms with E-state index >= 15 is 0 Å². The first-order valence-electron chi connectivity index (χ1n) is 5.68. The maximum absolute atomic E-state index is 14.1. The normalized spacial score (nSPS) is 12.4. The lowest BCUT2D eigenvalue weighted by Crippen LogP contribution is -2.10. The molecule has 0 aliphatic carbocycles. The van der Waals surface area contributed by atoms with Crippen molar-refractivity contribution in [3.05, 3.63) is 52.8 Å². The zero-order valence-electron chi connectivity index (χ0n) is 10.5. The predicted molar refractivity (Wildman–Crippen MR) is 77.1 cm³/mol. The van der Waals surface area contributed by atoms with Crippen molar-refractivity contribution in [3.8, 4) is 11.1 Å². The van der Waals surface area contributed by atoms with Gasteiger partial charge in [0, 0.05) is 16.1 Å². The van der Waals surface area contributed by atoms with Gasteiger partial charge in [0.2, 0.25) is 0 Å². The Kier molecular flexibility index (Phi) is 4.34. The number of hydrogen-bond acceptors (Lipinski definition) is 1. The van der Waals surface area contributed by atoms with E-state index in [0.29, 0.717) is 26.6 Å². The van der Waals surface area contributed by atoms with E-state index in [1.807, 2.05) is 0 Å². The summed E-state index contributed by atoms with van der Waals surface area (Å²) in [6.45, 7) is 1.70. The van der Waals surface area contributed by atoms with Gasteiger partial charge in [-0.1, -0.05) is 29.8 Å². The lowest BCUT2D eigenvalue weighted by atomic mass is 10.0. The second-order valence-corrected chi connectivity index (χ2v) is 5.88. The minimum absolute atomic E-state index is 0.309. The molecule has 2 aromatic rings. The molecule has 0 fully saturated rings. The number of benzene rings is 2. The van der Waals surface area contributed by atoms with Gasteiger partial charge in [0.25, 0.3) is 0 Å². The van der Waals surface area contributed by atoms with E-state index in [4.69, 9.17) is 11.6 Å². The van der Waals surface area contributed by atoms with Crippen molar-refractivity contribution in [2.45, 2.75) is 11.8 Å². The molecular formula is C14H13ClFNOS. The summed E-state index contributed by atoms with van der Waals surface area (Å²) in [4.78, 5) is 0.558. The minimum atomic E-state index is -1.33. The summed E-state index contributed by atoms with van der Waals surface area (Å²) < 4.78 is 28.5. The SMILES string of the molecule is CNS(=O)c1ccc(Cl)c(-c2cccc(C)c2F)c1. The van der Waals surface area contributed by atoms with Crippen molar-refractivity contribution in [1.29, 1.82) is 0 Å². The van der Waals surface area contributed by atoms with Crippen LogP contribution >= 0.6 is 11.6 Å². The van der Waals surface area contributed by atoms with Crippen LogP contribution in [0.25, 0.3) is 11.1 Å². The van der Waals surface area contributed by atoms with Gasteiger partial charge in [-0.2, -0.15) is 0 Å². The summed E-state index contributed by atoms with van der Waals surface area (Å²) in [6.07, 6.45) is 0. The van der Waals surface area contributed by atoms with Crippen LogP contribution in [-0.4, -0.2) is 11.3 Å². The van der Waals surface area contributed by atoms with Crippen LogP contribution in [0, 0.1) is 12.7 Å². The van der Waals surface area contributed by atoms with Crippen LogP contribution < -0.4 is 4.72 Å². The van der Waals surface area contributed by atoms with Crippen LogP contribution in [0.15, 0.2) is 41.3 Å². The first-order chi connectivity index (χ1) is 9.04. The summed E-state index contributed by atoms with van der Waals surface area (Å²) in [5.41, 5.74) is 1.51. The van der Waals surface area contributed by atoms with Crippen LogP contribution in [0.4, 0.5) is 4.39 Å². The minimum Gasteiger partial charge on any atom is -0.238 e. The third-order valence-corrected chi connectivity index (χ3v) is 4.20. The standard InChI is InChI=1S/C14H13ClFNOS/c1-9-4-3-5-11(14(9)16)12-8-10(19(18)17-2)6-7-13(12)15/h3-8,17H,1-2H3. The molecule has 0 saturated carbocycles. The maximum atomic E-state index is 14.1. The van der Waals surface area contributed by atoms with E-state index in [2.05, 4.69) is 4.72 Å². The number of nitrogens with one attached hydrogen (secondary N) is 1. The van der Waals surface area contributed by atoms with Crippen LogP contribution in [-0.2, 0) is 11.0 Å². The van der Waals surface area contributed by atoms with E-state index in [1.54, 1.807) is 50.4 Å². The van der Waals surface area contributed by atoms with Gasteiger partial charge in [0.1, 0.15) is 16.8 Å². The number of halogens is 2. The molecule has 0 radical (unpaired) electrons. The molecule has 0 bridgehead atoms. The van der Waals surface area contributed by atoms with Crippen molar-refractivity contribution in [3.63, 3.8) is 0 Å². The molecule has 0 aliphatic heterocycles. The second-order valence-electron chi connectivity index (χ2n) is 4.05. The Morgan fingerprint density at radius 2 is 1.95 bits per heavy atom. The van der Waals surface area contributed by atoms with Crippen LogP contribution in [0.1, 0.15) is 5.56 Å². The molecule has 100 valence electrons. The zero-order chi connectivity index (χ0) is 14.0. The topological polar surface area (TPSA) is 29.1 Å². The van der Waals surface area contributed by atoms with Gasteiger partial charge >= 0.3 is 0 Å². The summed E-state index contributed by atoms with van der Waals surface area (Å²) in [6, 6.07) is 10.1. The molecule has 1 N–H and O–H groups in total. The van der Waals surface area contributed by atoms with Gasteiger partial charge in [0.15, 0.2) is 0 Å². The Morgan fingerprint density at radius 3 is 2.63 bits per heavy atom. The summed E-state index contributed by atoms with van der Waals surface area (Å²) in [5, 5.41) is 0.432. The lowest BCUT2D eigenvalue weighted by molar-refractivity contribution is 0.622. The molecule has 0 aromatic heterocycles.